The molecule has 1 N–H and O–H groups in total. The Morgan fingerprint density at radius 3 is 2.65 bits per heavy atom. The highest BCUT2D eigenvalue weighted by molar-refractivity contribution is 5.80. The minimum absolute atomic E-state index is 0.000134. The highest BCUT2D eigenvalue weighted by Gasteiger charge is 2.26. The maximum absolute atomic E-state index is 11.6. The average molecular weight is 320 g/mol. The number of hydrogen-bond acceptors (Lipinski definition) is 5. The van der Waals surface area contributed by atoms with Gasteiger partial charge in [0.1, 0.15) is 0 Å². The molecular formula is C16H24N4O3. The van der Waals surface area contributed by atoms with Crippen molar-refractivity contribution >= 4 is 11.9 Å². The van der Waals surface area contributed by atoms with Gasteiger partial charge in [0.05, 0.1) is 20.1 Å². The zero-order valence-electron chi connectivity index (χ0n) is 13.9. The van der Waals surface area contributed by atoms with E-state index < -0.39 is 0 Å². The van der Waals surface area contributed by atoms with Crippen molar-refractivity contribution in [3.8, 4) is 5.88 Å². The monoisotopic (exact) mass is 320 g/mol. The summed E-state index contributed by atoms with van der Waals surface area (Å²) in [4.78, 5) is 22.2. The smallest absolute Gasteiger partial charge is 0.308 e. The number of rotatable bonds is 4. The number of pyridine rings is 1. The lowest BCUT2D eigenvalue weighted by molar-refractivity contribution is -0.146. The number of ether oxygens (including phenoxy) is 2. The van der Waals surface area contributed by atoms with E-state index in [0.29, 0.717) is 12.4 Å². The molecule has 0 spiro atoms. The molecule has 1 aromatic rings. The fraction of sp³-hybridized carbons (Fsp3) is 0.562. The van der Waals surface area contributed by atoms with E-state index in [1.54, 1.807) is 20.4 Å². The lowest BCUT2D eigenvalue weighted by atomic mass is 9.97. The Morgan fingerprint density at radius 2 is 2.13 bits per heavy atom. The van der Waals surface area contributed by atoms with Gasteiger partial charge in [-0.25, -0.2) is 4.98 Å². The SMILES string of the molecule is CN=C(NCc1ccc(OC)nc1)N1CCC(C(=O)OC)CC1. The van der Waals surface area contributed by atoms with E-state index in [0.717, 1.165) is 37.5 Å². The van der Waals surface area contributed by atoms with Crippen LogP contribution >= 0.6 is 0 Å². The number of aliphatic imine (C=N–C) groups is 1. The van der Waals surface area contributed by atoms with Gasteiger partial charge in [-0.2, -0.15) is 0 Å². The minimum atomic E-state index is -0.114. The van der Waals surface area contributed by atoms with Gasteiger partial charge < -0.3 is 19.7 Å². The van der Waals surface area contributed by atoms with Gasteiger partial charge >= 0.3 is 5.97 Å². The largest absolute Gasteiger partial charge is 0.481 e. The van der Waals surface area contributed by atoms with Crippen LogP contribution in [0.4, 0.5) is 0 Å². The van der Waals surface area contributed by atoms with E-state index >= 15 is 0 Å². The molecule has 7 nitrogen and oxygen atoms in total. The van der Waals surface area contributed by atoms with E-state index in [9.17, 15) is 4.79 Å². The first-order valence-electron chi connectivity index (χ1n) is 7.70. The third-order valence-electron chi connectivity index (χ3n) is 4.00. The molecule has 0 atom stereocenters. The Morgan fingerprint density at radius 1 is 1.39 bits per heavy atom. The van der Waals surface area contributed by atoms with Crippen LogP contribution in [0, 0.1) is 5.92 Å². The third kappa shape index (κ3) is 4.58. The van der Waals surface area contributed by atoms with Crippen LogP contribution in [-0.4, -0.2) is 56.2 Å². The number of aromatic nitrogens is 1. The van der Waals surface area contributed by atoms with Gasteiger partial charge in [0.25, 0.3) is 0 Å². The lowest BCUT2D eigenvalue weighted by Crippen LogP contribution is -2.46. The van der Waals surface area contributed by atoms with Crippen molar-refractivity contribution in [3.63, 3.8) is 0 Å². The Bertz CT molecular complexity index is 537. The van der Waals surface area contributed by atoms with Gasteiger partial charge in [0.15, 0.2) is 5.96 Å². The van der Waals surface area contributed by atoms with Crippen molar-refractivity contribution in [2.24, 2.45) is 10.9 Å². The van der Waals surface area contributed by atoms with Crippen molar-refractivity contribution in [3.05, 3.63) is 23.9 Å². The predicted octanol–water partition coefficient (Wildman–Crippen LogP) is 1.05. The van der Waals surface area contributed by atoms with E-state index in [1.165, 1.54) is 7.11 Å². The van der Waals surface area contributed by atoms with Gasteiger partial charge in [-0.05, 0) is 18.4 Å². The first kappa shape index (κ1) is 17.1. The zero-order valence-corrected chi connectivity index (χ0v) is 13.9. The number of piperidine rings is 1. The van der Waals surface area contributed by atoms with Crippen LogP contribution in [0.2, 0.25) is 0 Å². The fourth-order valence-electron chi connectivity index (χ4n) is 2.64. The summed E-state index contributed by atoms with van der Waals surface area (Å²) in [6, 6.07) is 3.80. The van der Waals surface area contributed by atoms with Crippen LogP contribution in [0.25, 0.3) is 0 Å². The van der Waals surface area contributed by atoms with Crippen LogP contribution in [-0.2, 0) is 16.1 Å². The van der Waals surface area contributed by atoms with Gasteiger partial charge in [0, 0.05) is 38.9 Å². The molecule has 1 fully saturated rings. The van der Waals surface area contributed by atoms with Crippen molar-refractivity contribution in [1.82, 2.24) is 15.2 Å². The number of carbonyl (C=O) groups is 1. The quantitative estimate of drug-likeness (QED) is 0.508. The molecular weight excluding hydrogens is 296 g/mol. The van der Waals surface area contributed by atoms with Crippen LogP contribution < -0.4 is 10.1 Å². The number of esters is 1. The Kier molecular flexibility index (Phi) is 6.19. The molecule has 0 aromatic carbocycles. The summed E-state index contributed by atoms with van der Waals surface area (Å²) in [5.74, 6) is 1.32. The van der Waals surface area contributed by atoms with E-state index in [4.69, 9.17) is 9.47 Å². The van der Waals surface area contributed by atoms with Crippen LogP contribution in [0.5, 0.6) is 5.88 Å². The molecule has 126 valence electrons. The zero-order chi connectivity index (χ0) is 16.7. The third-order valence-corrected chi connectivity index (χ3v) is 4.00. The number of nitrogens with zero attached hydrogens (tertiary/aromatic N) is 3. The summed E-state index contributed by atoms with van der Waals surface area (Å²) in [5, 5.41) is 3.33. The number of likely N-dealkylation sites (tertiary alicyclic amines) is 1. The molecule has 1 aromatic heterocycles. The Labute approximate surface area is 136 Å². The van der Waals surface area contributed by atoms with E-state index in [1.807, 2.05) is 12.1 Å². The minimum Gasteiger partial charge on any atom is -0.481 e. The van der Waals surface area contributed by atoms with E-state index in [2.05, 4.69) is 20.2 Å². The molecule has 0 amide bonds. The van der Waals surface area contributed by atoms with Crippen molar-refractivity contribution < 1.29 is 14.3 Å². The normalized spacial score (nSPS) is 16.1. The van der Waals surface area contributed by atoms with Gasteiger partial charge in [0.2, 0.25) is 5.88 Å². The first-order chi connectivity index (χ1) is 11.2. The summed E-state index contributed by atoms with van der Waals surface area (Å²) in [7, 11) is 4.80. The number of nitrogens with one attached hydrogen (secondary N) is 1. The van der Waals surface area contributed by atoms with Gasteiger partial charge in [-0.3, -0.25) is 9.79 Å². The van der Waals surface area contributed by atoms with Crippen LogP contribution in [0.1, 0.15) is 18.4 Å². The first-order valence-corrected chi connectivity index (χ1v) is 7.70. The molecule has 1 aliphatic rings. The van der Waals surface area contributed by atoms with Crippen molar-refractivity contribution in [1.29, 1.82) is 0 Å². The molecule has 23 heavy (non-hydrogen) atoms. The molecule has 0 aliphatic carbocycles. The number of carbonyl (C=O) groups excluding carboxylic acids is 1. The molecule has 0 bridgehead atoms. The van der Waals surface area contributed by atoms with Crippen molar-refractivity contribution in [2.45, 2.75) is 19.4 Å². The molecule has 1 saturated heterocycles. The Hall–Kier alpha value is -2.31. The molecule has 1 aliphatic heterocycles. The second-order valence-corrected chi connectivity index (χ2v) is 5.39. The maximum Gasteiger partial charge on any atom is 0.308 e. The summed E-state index contributed by atoms with van der Waals surface area (Å²) in [5.41, 5.74) is 1.05. The molecule has 0 radical (unpaired) electrons. The Balaban J connectivity index is 1.85. The molecule has 0 unspecified atom stereocenters. The molecule has 2 heterocycles. The van der Waals surface area contributed by atoms with Crippen LogP contribution in [0.15, 0.2) is 23.3 Å². The highest BCUT2D eigenvalue weighted by atomic mass is 16.5. The van der Waals surface area contributed by atoms with Crippen LogP contribution in [0.3, 0.4) is 0 Å². The molecule has 2 rings (SSSR count). The topological polar surface area (TPSA) is 76.1 Å². The number of methoxy groups -OCH3 is 2. The summed E-state index contributed by atoms with van der Waals surface area (Å²) >= 11 is 0. The van der Waals surface area contributed by atoms with E-state index in [-0.39, 0.29) is 11.9 Å². The molecule has 0 saturated carbocycles. The second kappa shape index (κ2) is 8.36. The van der Waals surface area contributed by atoms with Gasteiger partial charge in [-0.15, -0.1) is 0 Å². The summed E-state index contributed by atoms with van der Waals surface area (Å²) < 4.78 is 9.86. The summed E-state index contributed by atoms with van der Waals surface area (Å²) in [6.45, 7) is 2.22. The molecule has 7 heteroatoms. The second-order valence-electron chi connectivity index (χ2n) is 5.39. The predicted molar refractivity (Wildman–Crippen MR) is 87.3 cm³/mol. The van der Waals surface area contributed by atoms with Gasteiger partial charge in [-0.1, -0.05) is 6.07 Å². The average Bonchev–Trinajstić information content (AvgIpc) is 2.62. The van der Waals surface area contributed by atoms with Crippen molar-refractivity contribution in [2.75, 3.05) is 34.4 Å². The number of hydrogen-bond donors (Lipinski definition) is 1. The maximum atomic E-state index is 11.6. The highest BCUT2D eigenvalue weighted by Crippen LogP contribution is 2.18. The summed E-state index contributed by atoms with van der Waals surface area (Å²) in [6.07, 6.45) is 3.36. The fourth-order valence-corrected chi connectivity index (χ4v) is 2.64. The standard InChI is InChI=1S/C16H24N4O3/c1-17-16(19-11-12-4-5-14(22-2)18-10-12)20-8-6-13(7-9-20)15(21)23-3/h4-5,10,13H,6-9,11H2,1-3H3,(H,17,19). The number of guanidine groups is 1. The lowest BCUT2D eigenvalue weighted by Gasteiger charge is -2.33.